The SMILES string of the molecule is COC1(c2c(F)c(F)cc3n[nH]nc23)C2CCCC1CNC2.Cl. The number of benzene rings is 1. The summed E-state index contributed by atoms with van der Waals surface area (Å²) in [5.41, 5.74) is 0.0987. The Morgan fingerprint density at radius 3 is 2.57 bits per heavy atom. The van der Waals surface area contributed by atoms with Crippen LogP contribution >= 0.6 is 12.4 Å². The van der Waals surface area contributed by atoms with Crippen molar-refractivity contribution in [3.8, 4) is 0 Å². The van der Waals surface area contributed by atoms with Crippen LogP contribution in [0.4, 0.5) is 8.78 Å². The van der Waals surface area contributed by atoms with Gasteiger partial charge in [-0.2, -0.15) is 15.4 Å². The highest BCUT2D eigenvalue weighted by Gasteiger charge is 2.54. The number of rotatable bonds is 2. The smallest absolute Gasteiger partial charge is 0.167 e. The fourth-order valence-electron chi connectivity index (χ4n) is 4.44. The summed E-state index contributed by atoms with van der Waals surface area (Å²) in [5, 5.41) is 13.9. The highest BCUT2D eigenvalue weighted by atomic mass is 35.5. The van der Waals surface area contributed by atoms with E-state index in [1.165, 1.54) is 0 Å². The lowest BCUT2D eigenvalue weighted by Crippen LogP contribution is -2.58. The summed E-state index contributed by atoms with van der Waals surface area (Å²) in [6.45, 7) is 1.47. The molecule has 2 aliphatic rings. The molecule has 2 unspecified atom stereocenters. The van der Waals surface area contributed by atoms with Gasteiger partial charge in [0.25, 0.3) is 0 Å². The molecule has 0 spiro atoms. The predicted molar refractivity (Wildman–Crippen MR) is 83.4 cm³/mol. The maximum atomic E-state index is 14.8. The van der Waals surface area contributed by atoms with Gasteiger partial charge in [-0.1, -0.05) is 6.42 Å². The van der Waals surface area contributed by atoms with Gasteiger partial charge in [0.1, 0.15) is 16.6 Å². The Bertz CT molecular complexity index is 701. The zero-order chi connectivity index (χ0) is 15.3. The third-order valence-electron chi connectivity index (χ3n) is 5.33. The van der Waals surface area contributed by atoms with Gasteiger partial charge in [0, 0.05) is 38.1 Å². The van der Waals surface area contributed by atoms with Crippen LogP contribution < -0.4 is 5.32 Å². The van der Waals surface area contributed by atoms with E-state index < -0.39 is 17.2 Å². The van der Waals surface area contributed by atoms with Crippen molar-refractivity contribution in [1.29, 1.82) is 0 Å². The van der Waals surface area contributed by atoms with Gasteiger partial charge >= 0.3 is 0 Å². The molecule has 2 bridgehead atoms. The molecule has 8 heteroatoms. The number of methoxy groups -OCH3 is 1. The number of nitrogens with zero attached hydrogens (tertiary/aromatic N) is 2. The van der Waals surface area contributed by atoms with Crippen LogP contribution in [0.3, 0.4) is 0 Å². The average molecular weight is 345 g/mol. The van der Waals surface area contributed by atoms with Crippen LogP contribution in [0, 0.1) is 23.5 Å². The van der Waals surface area contributed by atoms with E-state index in [1.54, 1.807) is 7.11 Å². The zero-order valence-electron chi connectivity index (χ0n) is 12.7. The number of hydrogen-bond donors (Lipinski definition) is 2. The number of halogens is 3. The Hall–Kier alpha value is -1.31. The third kappa shape index (κ3) is 2.17. The highest BCUT2D eigenvalue weighted by Crippen LogP contribution is 2.51. The number of aromatic nitrogens is 3. The maximum Gasteiger partial charge on any atom is 0.167 e. The Balaban J connectivity index is 0.00000156. The van der Waals surface area contributed by atoms with Crippen LogP contribution in [0.1, 0.15) is 24.8 Å². The Morgan fingerprint density at radius 2 is 1.91 bits per heavy atom. The summed E-state index contributed by atoms with van der Waals surface area (Å²) in [4.78, 5) is 0. The highest BCUT2D eigenvalue weighted by molar-refractivity contribution is 5.85. The van der Waals surface area contributed by atoms with Crippen LogP contribution in [0.25, 0.3) is 11.0 Å². The van der Waals surface area contributed by atoms with Gasteiger partial charge in [-0.25, -0.2) is 8.78 Å². The fourth-order valence-corrected chi connectivity index (χ4v) is 4.44. The van der Waals surface area contributed by atoms with Gasteiger partial charge in [0.05, 0.1) is 5.56 Å². The van der Waals surface area contributed by atoms with Crippen LogP contribution in [0.5, 0.6) is 0 Å². The first-order chi connectivity index (χ1) is 10.7. The second-order valence-electron chi connectivity index (χ2n) is 6.22. The molecule has 1 saturated heterocycles. The minimum absolute atomic E-state index is 0. The van der Waals surface area contributed by atoms with Crippen molar-refractivity contribution in [2.75, 3.05) is 20.2 Å². The summed E-state index contributed by atoms with van der Waals surface area (Å²) >= 11 is 0. The predicted octanol–water partition coefficient (Wildman–Crippen LogP) is 2.52. The lowest BCUT2D eigenvalue weighted by atomic mass is 9.62. The number of aromatic amines is 1. The van der Waals surface area contributed by atoms with E-state index in [0.717, 1.165) is 38.4 Å². The van der Waals surface area contributed by atoms with Gasteiger partial charge in [0.2, 0.25) is 0 Å². The van der Waals surface area contributed by atoms with Crippen LogP contribution in [-0.2, 0) is 10.3 Å². The van der Waals surface area contributed by atoms with Gasteiger partial charge in [-0.15, -0.1) is 12.4 Å². The quantitative estimate of drug-likeness (QED) is 0.878. The molecular formula is C15H19ClF2N4O. The van der Waals surface area contributed by atoms with E-state index in [1.807, 2.05) is 0 Å². The summed E-state index contributed by atoms with van der Waals surface area (Å²) < 4.78 is 34.8. The number of piperidine rings is 1. The minimum Gasteiger partial charge on any atom is -0.373 e. The minimum atomic E-state index is -0.899. The van der Waals surface area contributed by atoms with E-state index in [-0.39, 0.29) is 29.8 Å². The molecule has 126 valence electrons. The fraction of sp³-hybridized carbons (Fsp3) is 0.600. The molecule has 2 heterocycles. The molecule has 2 N–H and O–H groups in total. The van der Waals surface area contributed by atoms with Gasteiger partial charge < -0.3 is 10.1 Å². The van der Waals surface area contributed by atoms with Gasteiger partial charge in [-0.05, 0) is 12.8 Å². The van der Waals surface area contributed by atoms with Crippen molar-refractivity contribution in [3.05, 3.63) is 23.3 Å². The van der Waals surface area contributed by atoms with Crippen molar-refractivity contribution < 1.29 is 13.5 Å². The van der Waals surface area contributed by atoms with Crippen LogP contribution in [0.2, 0.25) is 0 Å². The van der Waals surface area contributed by atoms with Crippen molar-refractivity contribution >= 4 is 23.4 Å². The third-order valence-corrected chi connectivity index (χ3v) is 5.33. The Labute approximate surface area is 138 Å². The molecular weight excluding hydrogens is 326 g/mol. The molecule has 5 nitrogen and oxygen atoms in total. The van der Waals surface area contributed by atoms with Crippen molar-refractivity contribution in [3.63, 3.8) is 0 Å². The second-order valence-corrected chi connectivity index (χ2v) is 6.22. The summed E-state index contributed by atoms with van der Waals surface area (Å²) in [6.07, 6.45) is 2.93. The van der Waals surface area contributed by atoms with E-state index in [4.69, 9.17) is 4.74 Å². The number of ether oxygens (including phenoxy) is 1. The molecule has 0 radical (unpaired) electrons. The molecule has 1 aliphatic carbocycles. The zero-order valence-corrected chi connectivity index (χ0v) is 13.6. The van der Waals surface area contributed by atoms with Crippen molar-refractivity contribution in [2.45, 2.75) is 24.9 Å². The first kappa shape index (κ1) is 16.5. The summed E-state index contributed by atoms with van der Waals surface area (Å²) in [7, 11) is 1.59. The summed E-state index contributed by atoms with van der Waals surface area (Å²) in [6, 6.07) is 1.08. The normalized spacial score (nSPS) is 30.2. The van der Waals surface area contributed by atoms with Gasteiger partial charge in [-0.3, -0.25) is 0 Å². The van der Waals surface area contributed by atoms with E-state index in [0.29, 0.717) is 11.0 Å². The van der Waals surface area contributed by atoms with Crippen LogP contribution in [0.15, 0.2) is 6.07 Å². The number of fused-ring (bicyclic) bond motifs is 3. The Morgan fingerprint density at radius 1 is 1.22 bits per heavy atom. The second kappa shape index (κ2) is 5.96. The maximum absolute atomic E-state index is 14.8. The molecule has 1 saturated carbocycles. The molecule has 4 rings (SSSR count). The monoisotopic (exact) mass is 344 g/mol. The van der Waals surface area contributed by atoms with Crippen molar-refractivity contribution in [1.82, 2.24) is 20.7 Å². The Kier molecular flexibility index (Phi) is 4.29. The van der Waals surface area contributed by atoms with Crippen molar-refractivity contribution in [2.24, 2.45) is 11.8 Å². The molecule has 2 aromatic rings. The molecule has 2 atom stereocenters. The standard InChI is InChI=1S/C15H18F2N4O.ClH/c1-22-15(8-3-2-4-9(15)7-18-6-8)12-13(17)10(16)5-11-14(12)20-21-19-11;/h5,8-9,18H,2-4,6-7H2,1H3,(H,19,20,21);1H. The van der Waals surface area contributed by atoms with Gasteiger partial charge in [0.15, 0.2) is 11.6 Å². The summed E-state index contributed by atoms with van der Waals surface area (Å²) in [5.74, 6) is -1.56. The lowest BCUT2D eigenvalue weighted by molar-refractivity contribution is -0.145. The largest absolute Gasteiger partial charge is 0.373 e. The number of H-pyrrole nitrogens is 1. The van der Waals surface area contributed by atoms with E-state index in [9.17, 15) is 8.78 Å². The average Bonchev–Trinajstić information content (AvgIpc) is 2.95. The number of hydrogen-bond acceptors (Lipinski definition) is 4. The number of nitrogens with one attached hydrogen (secondary N) is 2. The van der Waals surface area contributed by atoms with Crippen LogP contribution in [-0.4, -0.2) is 35.6 Å². The topological polar surface area (TPSA) is 62.8 Å². The first-order valence-corrected chi connectivity index (χ1v) is 7.63. The molecule has 0 amide bonds. The molecule has 1 aromatic heterocycles. The molecule has 2 fully saturated rings. The molecule has 1 aromatic carbocycles. The molecule has 23 heavy (non-hydrogen) atoms. The lowest BCUT2D eigenvalue weighted by Gasteiger charge is -2.52. The van der Waals surface area contributed by atoms with E-state index in [2.05, 4.69) is 20.7 Å². The molecule has 1 aliphatic heterocycles. The first-order valence-electron chi connectivity index (χ1n) is 7.63. The van der Waals surface area contributed by atoms with E-state index >= 15 is 0 Å².